The molecule has 0 unspecified atom stereocenters. The fourth-order valence-corrected chi connectivity index (χ4v) is 1.51. The average Bonchev–Trinajstić information content (AvgIpc) is 2.27. The van der Waals surface area contributed by atoms with Crippen LogP contribution in [-0.2, 0) is 6.42 Å². The topological polar surface area (TPSA) is 46.4 Å². The minimum Gasteiger partial charge on any atom is -0.375 e. The average molecular weight is 208 g/mol. The van der Waals surface area contributed by atoms with Crippen molar-refractivity contribution >= 4 is 11.4 Å². The molecule has 0 fully saturated rings. The van der Waals surface area contributed by atoms with Gasteiger partial charge >= 0.3 is 0 Å². The molecular weight excluding hydrogens is 192 g/mol. The van der Waals surface area contributed by atoms with Crippen molar-refractivity contribution in [3.05, 3.63) is 33.9 Å². The highest BCUT2D eigenvalue weighted by molar-refractivity contribution is 5.57. The Morgan fingerprint density at radius 2 is 2.07 bits per heavy atom. The lowest BCUT2D eigenvalue weighted by Crippen LogP contribution is -2.17. The minimum atomic E-state index is -0.352. The largest absolute Gasteiger partial charge is 0.375 e. The molecule has 1 aromatic rings. The van der Waals surface area contributed by atoms with Crippen molar-refractivity contribution in [2.45, 2.75) is 20.3 Å². The maximum atomic E-state index is 10.6. The Labute approximate surface area is 89.7 Å². The number of aryl methyl sites for hydroxylation is 1. The van der Waals surface area contributed by atoms with Gasteiger partial charge in [-0.05, 0) is 25.0 Å². The van der Waals surface area contributed by atoms with Crippen LogP contribution in [0.2, 0.25) is 0 Å². The number of hydrogen-bond acceptors (Lipinski definition) is 3. The number of nitrogens with zero attached hydrogens (tertiary/aromatic N) is 2. The van der Waals surface area contributed by atoms with Crippen LogP contribution in [0.15, 0.2) is 18.2 Å². The summed E-state index contributed by atoms with van der Waals surface area (Å²) in [6.45, 7) is 4.96. The summed E-state index contributed by atoms with van der Waals surface area (Å²) >= 11 is 0. The third kappa shape index (κ3) is 2.46. The zero-order chi connectivity index (χ0) is 11.4. The molecule has 0 N–H and O–H groups in total. The smallest absolute Gasteiger partial charge is 0.269 e. The molecule has 0 atom stereocenters. The summed E-state index contributed by atoms with van der Waals surface area (Å²) in [6, 6.07) is 5.03. The first-order valence-corrected chi connectivity index (χ1v) is 5.08. The van der Waals surface area contributed by atoms with E-state index in [4.69, 9.17) is 0 Å². The van der Waals surface area contributed by atoms with Crippen LogP contribution in [0, 0.1) is 10.1 Å². The van der Waals surface area contributed by atoms with E-state index in [-0.39, 0.29) is 10.6 Å². The second kappa shape index (κ2) is 4.77. The van der Waals surface area contributed by atoms with Gasteiger partial charge in [0, 0.05) is 31.4 Å². The van der Waals surface area contributed by atoms with Gasteiger partial charge in [0.05, 0.1) is 4.92 Å². The highest BCUT2D eigenvalue weighted by Gasteiger charge is 2.11. The van der Waals surface area contributed by atoms with Crippen LogP contribution in [0.25, 0.3) is 0 Å². The van der Waals surface area contributed by atoms with Crippen LogP contribution in [0.5, 0.6) is 0 Å². The maximum Gasteiger partial charge on any atom is 0.269 e. The first kappa shape index (κ1) is 11.5. The van der Waals surface area contributed by atoms with Gasteiger partial charge in [-0.3, -0.25) is 10.1 Å². The Bertz CT molecular complexity index is 364. The molecule has 0 spiro atoms. The molecule has 4 heteroatoms. The molecule has 1 aromatic carbocycles. The molecule has 0 heterocycles. The van der Waals surface area contributed by atoms with Crippen LogP contribution in [0.3, 0.4) is 0 Å². The Morgan fingerprint density at radius 3 is 2.53 bits per heavy atom. The Balaban J connectivity index is 3.14. The summed E-state index contributed by atoms with van der Waals surface area (Å²) in [5, 5.41) is 10.6. The predicted octanol–water partition coefficient (Wildman–Crippen LogP) is 2.61. The van der Waals surface area contributed by atoms with Gasteiger partial charge in [0.25, 0.3) is 5.69 Å². The molecule has 0 saturated heterocycles. The Kier molecular flexibility index (Phi) is 3.66. The lowest BCUT2D eigenvalue weighted by molar-refractivity contribution is -0.384. The minimum absolute atomic E-state index is 0.167. The summed E-state index contributed by atoms with van der Waals surface area (Å²) in [5.41, 5.74) is 2.26. The quantitative estimate of drug-likeness (QED) is 0.564. The molecule has 0 aliphatic carbocycles. The Hall–Kier alpha value is -1.58. The van der Waals surface area contributed by atoms with Gasteiger partial charge in [-0.15, -0.1) is 0 Å². The van der Waals surface area contributed by atoms with Crippen molar-refractivity contribution in [1.29, 1.82) is 0 Å². The lowest BCUT2D eigenvalue weighted by Gasteiger charge is -2.19. The molecule has 1 rings (SSSR count). The third-order valence-corrected chi connectivity index (χ3v) is 2.54. The SMILES string of the molecule is CCc1cc([N+](=O)[O-])ccc1N(C)CC. The molecule has 0 amide bonds. The molecule has 0 aliphatic heterocycles. The highest BCUT2D eigenvalue weighted by Crippen LogP contribution is 2.24. The van der Waals surface area contributed by atoms with E-state index in [9.17, 15) is 10.1 Å². The first-order chi connectivity index (χ1) is 7.10. The molecule has 0 bridgehead atoms. The van der Waals surface area contributed by atoms with Crippen molar-refractivity contribution < 1.29 is 4.92 Å². The molecule has 4 nitrogen and oxygen atoms in total. The standard InChI is InChI=1S/C11H16N2O2/c1-4-9-8-10(13(14)15)6-7-11(9)12(3)5-2/h6-8H,4-5H2,1-3H3. The van der Waals surface area contributed by atoms with E-state index >= 15 is 0 Å². The van der Waals surface area contributed by atoms with Gasteiger partial charge in [0.2, 0.25) is 0 Å². The van der Waals surface area contributed by atoms with Crippen LogP contribution < -0.4 is 4.90 Å². The van der Waals surface area contributed by atoms with E-state index in [0.717, 1.165) is 24.2 Å². The van der Waals surface area contributed by atoms with E-state index in [2.05, 4.69) is 11.8 Å². The molecule has 15 heavy (non-hydrogen) atoms. The number of anilines is 1. The Morgan fingerprint density at radius 1 is 1.40 bits per heavy atom. The van der Waals surface area contributed by atoms with E-state index in [1.54, 1.807) is 12.1 Å². The van der Waals surface area contributed by atoms with Crippen molar-refractivity contribution in [3.8, 4) is 0 Å². The fraction of sp³-hybridized carbons (Fsp3) is 0.455. The number of hydrogen-bond donors (Lipinski definition) is 0. The number of nitro groups is 1. The molecule has 82 valence electrons. The maximum absolute atomic E-state index is 10.6. The third-order valence-electron chi connectivity index (χ3n) is 2.54. The van der Waals surface area contributed by atoms with Crippen LogP contribution in [-0.4, -0.2) is 18.5 Å². The predicted molar refractivity (Wildman–Crippen MR) is 61.4 cm³/mol. The van der Waals surface area contributed by atoms with Gasteiger partial charge < -0.3 is 4.90 Å². The first-order valence-electron chi connectivity index (χ1n) is 5.08. The van der Waals surface area contributed by atoms with Crippen LogP contribution in [0.1, 0.15) is 19.4 Å². The van der Waals surface area contributed by atoms with Crippen molar-refractivity contribution in [1.82, 2.24) is 0 Å². The van der Waals surface area contributed by atoms with E-state index in [0.29, 0.717) is 0 Å². The summed E-state index contributed by atoms with van der Waals surface area (Å²) in [6.07, 6.45) is 0.807. The summed E-state index contributed by atoms with van der Waals surface area (Å²) in [5.74, 6) is 0. The number of rotatable bonds is 4. The molecule has 0 aromatic heterocycles. The fourth-order valence-electron chi connectivity index (χ4n) is 1.51. The zero-order valence-electron chi connectivity index (χ0n) is 9.36. The van der Waals surface area contributed by atoms with E-state index in [1.807, 2.05) is 20.0 Å². The molecule has 0 radical (unpaired) electrons. The van der Waals surface area contributed by atoms with Crippen LogP contribution in [0.4, 0.5) is 11.4 Å². The highest BCUT2D eigenvalue weighted by atomic mass is 16.6. The van der Waals surface area contributed by atoms with Gasteiger partial charge in [0.1, 0.15) is 0 Å². The summed E-state index contributed by atoms with van der Waals surface area (Å²) < 4.78 is 0. The van der Waals surface area contributed by atoms with Crippen molar-refractivity contribution in [2.24, 2.45) is 0 Å². The molecule has 0 aliphatic rings. The van der Waals surface area contributed by atoms with E-state index < -0.39 is 0 Å². The van der Waals surface area contributed by atoms with Gasteiger partial charge in [0.15, 0.2) is 0 Å². The monoisotopic (exact) mass is 208 g/mol. The van der Waals surface area contributed by atoms with Crippen molar-refractivity contribution in [2.75, 3.05) is 18.5 Å². The van der Waals surface area contributed by atoms with Crippen LogP contribution >= 0.6 is 0 Å². The van der Waals surface area contributed by atoms with Gasteiger partial charge in [-0.1, -0.05) is 6.92 Å². The lowest BCUT2D eigenvalue weighted by atomic mass is 10.1. The molecule has 0 saturated carbocycles. The normalized spacial score (nSPS) is 10.1. The number of nitro benzene ring substituents is 1. The van der Waals surface area contributed by atoms with E-state index in [1.165, 1.54) is 0 Å². The second-order valence-corrected chi connectivity index (χ2v) is 3.44. The molecular formula is C11H16N2O2. The number of non-ortho nitro benzene ring substituents is 1. The zero-order valence-corrected chi connectivity index (χ0v) is 9.36. The van der Waals surface area contributed by atoms with Gasteiger partial charge in [-0.25, -0.2) is 0 Å². The summed E-state index contributed by atoms with van der Waals surface area (Å²) in [7, 11) is 1.99. The van der Waals surface area contributed by atoms with Crippen molar-refractivity contribution in [3.63, 3.8) is 0 Å². The summed E-state index contributed by atoms with van der Waals surface area (Å²) in [4.78, 5) is 12.3. The second-order valence-electron chi connectivity index (χ2n) is 3.44. The van der Waals surface area contributed by atoms with Gasteiger partial charge in [-0.2, -0.15) is 0 Å². The number of benzene rings is 1.